The number of hydrogen-bond acceptors (Lipinski definition) is 2. The highest BCUT2D eigenvalue weighted by molar-refractivity contribution is 9.10. The standard InChI is InChI=1S/C14H12BrClN2O/c1-9(10-5-7-11(16)8-6-10)17-14(19)12-3-2-4-13(15)18-12/h2-9H,1H3,(H,17,19). The Kier molecular flexibility index (Phi) is 4.56. The number of carbonyl (C=O) groups excluding carboxylic acids is 1. The minimum atomic E-state index is -0.205. The highest BCUT2D eigenvalue weighted by Gasteiger charge is 2.12. The molecule has 1 unspecified atom stereocenters. The highest BCUT2D eigenvalue weighted by atomic mass is 79.9. The fraction of sp³-hybridized carbons (Fsp3) is 0.143. The lowest BCUT2D eigenvalue weighted by Gasteiger charge is -2.14. The minimum absolute atomic E-state index is 0.106. The van der Waals surface area contributed by atoms with E-state index in [-0.39, 0.29) is 11.9 Å². The van der Waals surface area contributed by atoms with E-state index in [1.165, 1.54) is 0 Å². The van der Waals surface area contributed by atoms with Crippen LogP contribution in [0.3, 0.4) is 0 Å². The lowest BCUT2D eigenvalue weighted by molar-refractivity contribution is 0.0934. The lowest BCUT2D eigenvalue weighted by Crippen LogP contribution is -2.27. The van der Waals surface area contributed by atoms with Crippen LogP contribution in [0.1, 0.15) is 29.0 Å². The molecule has 0 radical (unpaired) electrons. The van der Waals surface area contributed by atoms with Crippen molar-refractivity contribution < 1.29 is 4.79 Å². The molecule has 2 rings (SSSR count). The van der Waals surface area contributed by atoms with Gasteiger partial charge in [0.05, 0.1) is 6.04 Å². The molecule has 1 amide bonds. The molecule has 0 saturated heterocycles. The summed E-state index contributed by atoms with van der Waals surface area (Å²) >= 11 is 9.08. The van der Waals surface area contributed by atoms with Crippen molar-refractivity contribution in [3.63, 3.8) is 0 Å². The van der Waals surface area contributed by atoms with Gasteiger partial charge in [-0.15, -0.1) is 0 Å². The van der Waals surface area contributed by atoms with Gasteiger partial charge in [-0.25, -0.2) is 4.98 Å². The fourth-order valence-electron chi connectivity index (χ4n) is 1.64. The molecular formula is C14H12BrClN2O. The van der Waals surface area contributed by atoms with Crippen molar-refractivity contribution in [3.05, 3.63) is 63.3 Å². The van der Waals surface area contributed by atoms with Crippen LogP contribution in [0.2, 0.25) is 5.02 Å². The molecule has 0 fully saturated rings. The second-order valence-electron chi connectivity index (χ2n) is 4.09. The quantitative estimate of drug-likeness (QED) is 0.859. The van der Waals surface area contributed by atoms with Crippen molar-refractivity contribution >= 4 is 33.4 Å². The number of carbonyl (C=O) groups is 1. The van der Waals surface area contributed by atoms with Crippen LogP contribution in [0.15, 0.2) is 47.1 Å². The zero-order valence-corrected chi connectivity index (χ0v) is 12.6. The van der Waals surface area contributed by atoms with Gasteiger partial charge in [-0.3, -0.25) is 4.79 Å². The van der Waals surface area contributed by atoms with Crippen molar-refractivity contribution in [3.8, 4) is 0 Å². The van der Waals surface area contributed by atoms with Crippen molar-refractivity contribution in [1.82, 2.24) is 10.3 Å². The zero-order chi connectivity index (χ0) is 13.8. The third-order valence-electron chi connectivity index (χ3n) is 2.67. The average Bonchev–Trinajstić information content (AvgIpc) is 2.39. The summed E-state index contributed by atoms with van der Waals surface area (Å²) in [6, 6.07) is 12.5. The van der Waals surface area contributed by atoms with Gasteiger partial charge in [-0.2, -0.15) is 0 Å². The molecule has 0 aliphatic rings. The van der Waals surface area contributed by atoms with E-state index in [4.69, 9.17) is 11.6 Å². The Bertz CT molecular complexity index is 586. The van der Waals surface area contributed by atoms with E-state index in [1.54, 1.807) is 30.3 Å². The molecule has 3 nitrogen and oxygen atoms in total. The SMILES string of the molecule is CC(NC(=O)c1cccc(Br)n1)c1ccc(Cl)cc1. The average molecular weight is 340 g/mol. The van der Waals surface area contributed by atoms with Gasteiger partial charge in [0.25, 0.3) is 5.91 Å². The van der Waals surface area contributed by atoms with Crippen molar-refractivity contribution in [2.75, 3.05) is 0 Å². The number of rotatable bonds is 3. The number of pyridine rings is 1. The van der Waals surface area contributed by atoms with Crippen LogP contribution in [0, 0.1) is 0 Å². The number of halogens is 2. The molecule has 0 aliphatic carbocycles. The predicted molar refractivity (Wildman–Crippen MR) is 79.3 cm³/mol. The van der Waals surface area contributed by atoms with E-state index >= 15 is 0 Å². The molecule has 19 heavy (non-hydrogen) atoms. The van der Waals surface area contributed by atoms with Crippen molar-refractivity contribution in [2.24, 2.45) is 0 Å². The van der Waals surface area contributed by atoms with Gasteiger partial charge in [0.15, 0.2) is 0 Å². The third kappa shape index (κ3) is 3.78. The van der Waals surface area contributed by atoms with Crippen LogP contribution in [0.4, 0.5) is 0 Å². The van der Waals surface area contributed by atoms with Gasteiger partial charge in [0, 0.05) is 5.02 Å². The fourth-order valence-corrected chi connectivity index (χ4v) is 2.11. The van der Waals surface area contributed by atoms with E-state index < -0.39 is 0 Å². The Labute approximate surface area is 125 Å². The maximum Gasteiger partial charge on any atom is 0.270 e. The van der Waals surface area contributed by atoms with Gasteiger partial charge in [-0.05, 0) is 52.7 Å². The molecule has 2 aromatic rings. The molecular weight excluding hydrogens is 328 g/mol. The van der Waals surface area contributed by atoms with Crippen molar-refractivity contribution in [2.45, 2.75) is 13.0 Å². The first-order valence-electron chi connectivity index (χ1n) is 5.75. The summed E-state index contributed by atoms with van der Waals surface area (Å²) in [5, 5.41) is 3.57. The van der Waals surface area contributed by atoms with Crippen molar-refractivity contribution in [1.29, 1.82) is 0 Å². The smallest absolute Gasteiger partial charge is 0.270 e. The zero-order valence-electron chi connectivity index (χ0n) is 10.2. The maximum atomic E-state index is 12.0. The van der Waals surface area contributed by atoms with Gasteiger partial charge >= 0.3 is 0 Å². The second-order valence-corrected chi connectivity index (χ2v) is 5.34. The molecule has 0 aliphatic heterocycles. The Balaban J connectivity index is 2.08. The molecule has 1 atom stereocenters. The summed E-state index contributed by atoms with van der Waals surface area (Å²) < 4.78 is 0.638. The van der Waals surface area contributed by atoms with Crippen LogP contribution in [-0.2, 0) is 0 Å². The van der Waals surface area contributed by atoms with E-state index in [1.807, 2.05) is 19.1 Å². The summed E-state index contributed by atoms with van der Waals surface area (Å²) in [6.07, 6.45) is 0. The van der Waals surface area contributed by atoms with Gasteiger partial charge < -0.3 is 5.32 Å². The molecule has 98 valence electrons. The van der Waals surface area contributed by atoms with Crippen LogP contribution in [0.25, 0.3) is 0 Å². The molecule has 0 bridgehead atoms. The minimum Gasteiger partial charge on any atom is -0.344 e. The Morgan fingerprint density at radius 1 is 1.26 bits per heavy atom. The molecule has 0 saturated carbocycles. The number of amides is 1. The van der Waals surface area contributed by atoms with Gasteiger partial charge in [0.2, 0.25) is 0 Å². The van der Waals surface area contributed by atoms with E-state index in [2.05, 4.69) is 26.2 Å². The Hall–Kier alpha value is -1.39. The predicted octanol–water partition coefficient (Wildman–Crippen LogP) is 3.99. The largest absolute Gasteiger partial charge is 0.344 e. The van der Waals surface area contributed by atoms with E-state index in [9.17, 15) is 4.79 Å². The molecule has 1 N–H and O–H groups in total. The lowest BCUT2D eigenvalue weighted by atomic mass is 10.1. The van der Waals surface area contributed by atoms with E-state index in [0.717, 1.165) is 5.56 Å². The number of benzene rings is 1. The van der Waals surface area contributed by atoms with Crippen LogP contribution in [-0.4, -0.2) is 10.9 Å². The van der Waals surface area contributed by atoms with Crippen LogP contribution < -0.4 is 5.32 Å². The highest BCUT2D eigenvalue weighted by Crippen LogP contribution is 2.16. The molecule has 1 aromatic heterocycles. The summed E-state index contributed by atoms with van der Waals surface area (Å²) in [4.78, 5) is 16.1. The second kappa shape index (κ2) is 6.17. The maximum absolute atomic E-state index is 12.0. The van der Waals surface area contributed by atoms with Gasteiger partial charge in [0.1, 0.15) is 10.3 Å². The summed E-state index contributed by atoms with van der Waals surface area (Å²) in [6.45, 7) is 1.92. The first kappa shape index (κ1) is 14.0. The number of nitrogens with zero attached hydrogens (tertiary/aromatic N) is 1. The first-order chi connectivity index (χ1) is 9.06. The Morgan fingerprint density at radius 3 is 2.58 bits per heavy atom. The van der Waals surface area contributed by atoms with E-state index in [0.29, 0.717) is 15.3 Å². The Morgan fingerprint density at radius 2 is 1.95 bits per heavy atom. The molecule has 0 spiro atoms. The molecule has 1 heterocycles. The summed E-state index contributed by atoms with van der Waals surface area (Å²) in [5.41, 5.74) is 1.38. The first-order valence-corrected chi connectivity index (χ1v) is 6.92. The normalized spacial score (nSPS) is 11.9. The van der Waals surface area contributed by atoms with Crippen LogP contribution >= 0.6 is 27.5 Å². The number of hydrogen-bond donors (Lipinski definition) is 1. The molecule has 5 heteroatoms. The summed E-state index contributed by atoms with van der Waals surface area (Å²) in [5.74, 6) is -0.205. The number of aromatic nitrogens is 1. The third-order valence-corrected chi connectivity index (χ3v) is 3.36. The topological polar surface area (TPSA) is 42.0 Å². The number of nitrogens with one attached hydrogen (secondary N) is 1. The van der Waals surface area contributed by atoms with Crippen LogP contribution in [0.5, 0.6) is 0 Å². The monoisotopic (exact) mass is 338 g/mol. The molecule has 1 aromatic carbocycles. The summed E-state index contributed by atoms with van der Waals surface area (Å²) in [7, 11) is 0. The van der Waals surface area contributed by atoms with Gasteiger partial charge in [-0.1, -0.05) is 29.8 Å².